The fraction of sp³-hybridized carbons (Fsp3) is 0.583. The molecule has 2 radical (unpaired) electrons. The molecule has 0 atom stereocenters. The predicted octanol–water partition coefficient (Wildman–Crippen LogP) is 7.36. The highest BCUT2D eigenvalue weighted by Gasteiger charge is 2.39. The minimum absolute atomic E-state index is 0.0707. The van der Waals surface area contributed by atoms with Gasteiger partial charge < -0.3 is 0 Å². The molecule has 29 heavy (non-hydrogen) atoms. The van der Waals surface area contributed by atoms with Crippen LogP contribution in [0.2, 0.25) is 0 Å². The summed E-state index contributed by atoms with van der Waals surface area (Å²) < 4.78 is 0. The van der Waals surface area contributed by atoms with Crippen molar-refractivity contribution >= 4 is 22.6 Å². The number of nitrogens with zero attached hydrogens (tertiary/aromatic N) is 2. The largest absolute Gasteiger partial charge is 0.366 e. The molecule has 0 unspecified atom stereocenters. The molecule has 156 valence electrons. The van der Waals surface area contributed by atoms with Crippen LogP contribution < -0.4 is 0 Å². The summed E-state index contributed by atoms with van der Waals surface area (Å²) in [6, 6.07) is 12.7. The fourth-order valence-corrected chi connectivity index (χ4v) is 8.94. The first kappa shape index (κ1) is 24.5. The average molecular weight is 427 g/mol. The van der Waals surface area contributed by atoms with Gasteiger partial charge in [0.05, 0.1) is 23.2 Å². The smallest absolute Gasteiger partial charge is 0.251 e. The van der Waals surface area contributed by atoms with E-state index in [1.54, 1.807) is 0 Å². The van der Waals surface area contributed by atoms with Gasteiger partial charge in [-0.2, -0.15) is 0 Å². The summed E-state index contributed by atoms with van der Waals surface area (Å²) in [5.41, 5.74) is 6.65. The molecule has 0 saturated heterocycles. The Bertz CT molecular complexity index is 774. The van der Waals surface area contributed by atoms with Crippen molar-refractivity contribution in [1.82, 2.24) is 9.97 Å². The zero-order valence-corrected chi connectivity index (χ0v) is 21.3. The van der Waals surface area contributed by atoms with E-state index in [1.165, 1.54) is 5.69 Å². The molecule has 0 bridgehead atoms. The molecule has 2 heterocycles. The summed E-state index contributed by atoms with van der Waals surface area (Å²) in [6.45, 7) is 18.4. The SMILES string of the molecule is [B][P+](Cc1cccc(-c2cccc(CP(C(C)C)C(C)C)n2)n1)(C(C)C)C(C)C. The summed E-state index contributed by atoms with van der Waals surface area (Å²) in [5.74, 6) is 0. The van der Waals surface area contributed by atoms with Crippen LogP contribution in [0.5, 0.6) is 0 Å². The van der Waals surface area contributed by atoms with E-state index in [2.05, 4.69) is 91.8 Å². The Hall–Kier alpha value is -0.775. The maximum absolute atomic E-state index is 6.90. The van der Waals surface area contributed by atoms with E-state index in [0.29, 0.717) is 22.6 Å². The molecule has 0 aliphatic heterocycles. The molecular weight excluding hydrogens is 389 g/mol. The first-order chi connectivity index (χ1) is 13.5. The van der Waals surface area contributed by atoms with Crippen LogP contribution in [-0.2, 0) is 12.3 Å². The second-order valence-electron chi connectivity index (χ2n) is 9.23. The standard InChI is InChI=1S/C24H38BN2P2/c1-17(2)28(18(3)4)15-21-11-9-13-23(26-21)24-14-10-12-22(27-24)16-29(25,19(5)6)20(7)8/h9-14,17-20H,15-16H2,1-8H3/q+1. The minimum Gasteiger partial charge on any atom is -0.251 e. The molecule has 0 amide bonds. The van der Waals surface area contributed by atoms with E-state index < -0.39 is 7.14 Å². The lowest BCUT2D eigenvalue weighted by atomic mass is 10.2. The maximum atomic E-state index is 6.90. The zero-order valence-electron chi connectivity index (χ0n) is 19.6. The molecule has 0 aliphatic carbocycles. The Kier molecular flexibility index (Phi) is 8.87. The quantitative estimate of drug-likeness (QED) is 0.309. The number of hydrogen-bond acceptors (Lipinski definition) is 2. The third kappa shape index (κ3) is 6.35. The van der Waals surface area contributed by atoms with Crippen LogP contribution in [0.1, 0.15) is 66.8 Å². The normalized spacial score (nSPS) is 12.7. The molecule has 0 spiro atoms. The highest BCUT2D eigenvalue weighted by atomic mass is 31.2. The third-order valence-corrected chi connectivity index (χ3v) is 14.0. The Morgan fingerprint density at radius 3 is 1.66 bits per heavy atom. The van der Waals surface area contributed by atoms with Crippen molar-refractivity contribution in [2.24, 2.45) is 0 Å². The van der Waals surface area contributed by atoms with Gasteiger partial charge in [0.2, 0.25) is 0 Å². The van der Waals surface area contributed by atoms with E-state index in [1.807, 2.05) is 0 Å². The highest BCUT2D eigenvalue weighted by Crippen LogP contribution is 2.64. The molecule has 2 nitrogen and oxygen atoms in total. The van der Waals surface area contributed by atoms with E-state index in [-0.39, 0.29) is 7.92 Å². The van der Waals surface area contributed by atoms with Gasteiger partial charge in [0, 0.05) is 23.2 Å². The Balaban J connectivity index is 2.29. The van der Waals surface area contributed by atoms with Crippen LogP contribution in [0.3, 0.4) is 0 Å². The summed E-state index contributed by atoms with van der Waals surface area (Å²) in [6.07, 6.45) is 1.97. The van der Waals surface area contributed by atoms with E-state index in [4.69, 9.17) is 17.5 Å². The average Bonchev–Trinajstić information content (AvgIpc) is 2.65. The van der Waals surface area contributed by atoms with Crippen molar-refractivity contribution in [3.63, 3.8) is 0 Å². The Morgan fingerprint density at radius 1 is 0.759 bits per heavy atom. The van der Waals surface area contributed by atoms with E-state index in [9.17, 15) is 0 Å². The van der Waals surface area contributed by atoms with Crippen LogP contribution in [0, 0.1) is 0 Å². The van der Waals surface area contributed by atoms with Crippen LogP contribution in [0.15, 0.2) is 36.4 Å². The molecule has 0 aliphatic rings. The summed E-state index contributed by atoms with van der Waals surface area (Å²) in [7, 11) is 5.25. The summed E-state index contributed by atoms with van der Waals surface area (Å²) >= 11 is 0. The second kappa shape index (κ2) is 10.5. The minimum atomic E-state index is -1.58. The first-order valence-corrected chi connectivity index (χ1v) is 14.7. The van der Waals surface area contributed by atoms with Crippen LogP contribution in [-0.4, -0.2) is 40.2 Å². The fourth-order valence-electron chi connectivity index (χ4n) is 3.81. The first-order valence-electron chi connectivity index (χ1n) is 10.9. The van der Waals surface area contributed by atoms with Gasteiger partial charge in [0.25, 0.3) is 0 Å². The lowest BCUT2D eigenvalue weighted by Crippen LogP contribution is -2.18. The van der Waals surface area contributed by atoms with Crippen molar-refractivity contribution in [3.05, 3.63) is 47.8 Å². The number of aromatic nitrogens is 2. The van der Waals surface area contributed by atoms with Crippen molar-refractivity contribution in [2.45, 2.75) is 90.3 Å². The highest BCUT2D eigenvalue weighted by molar-refractivity contribution is 7.97. The maximum Gasteiger partial charge on any atom is 0.366 e. The van der Waals surface area contributed by atoms with Gasteiger partial charge in [0.1, 0.15) is 0 Å². The number of hydrogen-bond donors (Lipinski definition) is 0. The molecule has 0 saturated carbocycles. The van der Waals surface area contributed by atoms with Crippen molar-refractivity contribution in [1.29, 1.82) is 0 Å². The van der Waals surface area contributed by atoms with Gasteiger partial charge >= 0.3 is 7.57 Å². The molecule has 2 aromatic rings. The molecule has 0 aromatic carbocycles. The van der Waals surface area contributed by atoms with Crippen LogP contribution in [0.4, 0.5) is 0 Å². The van der Waals surface area contributed by atoms with Crippen molar-refractivity contribution in [2.75, 3.05) is 0 Å². The summed E-state index contributed by atoms with van der Waals surface area (Å²) in [4.78, 5) is 9.96. The second-order valence-corrected chi connectivity index (χ2v) is 17.0. The molecule has 0 N–H and O–H groups in total. The van der Waals surface area contributed by atoms with Crippen LogP contribution in [0.25, 0.3) is 11.4 Å². The van der Waals surface area contributed by atoms with Gasteiger partial charge in [-0.1, -0.05) is 47.7 Å². The number of rotatable bonds is 9. The molecule has 2 rings (SSSR count). The van der Waals surface area contributed by atoms with E-state index in [0.717, 1.165) is 29.4 Å². The molecule has 0 fully saturated rings. The van der Waals surface area contributed by atoms with Gasteiger partial charge in [-0.25, -0.2) is 4.98 Å². The predicted molar refractivity (Wildman–Crippen MR) is 135 cm³/mol. The Morgan fingerprint density at radius 2 is 1.21 bits per heavy atom. The van der Waals surface area contributed by atoms with Gasteiger partial charge in [-0.3, -0.25) is 4.98 Å². The van der Waals surface area contributed by atoms with Gasteiger partial charge in [-0.05, 0) is 70.4 Å². The molecule has 5 heteroatoms. The topological polar surface area (TPSA) is 25.8 Å². The number of pyridine rings is 2. The van der Waals surface area contributed by atoms with Gasteiger partial charge in [0.15, 0.2) is 0 Å². The van der Waals surface area contributed by atoms with Crippen LogP contribution >= 0.6 is 15.1 Å². The lowest BCUT2D eigenvalue weighted by molar-refractivity contribution is 0.976. The van der Waals surface area contributed by atoms with Crippen molar-refractivity contribution < 1.29 is 0 Å². The third-order valence-electron chi connectivity index (χ3n) is 5.91. The van der Waals surface area contributed by atoms with Gasteiger partial charge in [-0.15, -0.1) is 0 Å². The molecule has 2 aromatic heterocycles. The lowest BCUT2D eigenvalue weighted by Gasteiger charge is -2.31. The van der Waals surface area contributed by atoms with E-state index >= 15 is 0 Å². The Labute approximate surface area is 182 Å². The molecular formula is C24H38BN2P2+. The van der Waals surface area contributed by atoms with Crippen molar-refractivity contribution in [3.8, 4) is 11.4 Å². The monoisotopic (exact) mass is 427 g/mol. The zero-order chi connectivity index (χ0) is 21.8. The summed E-state index contributed by atoms with van der Waals surface area (Å²) in [5, 5.41) is 0.